The number of aliphatic hydroxyl groups is 1. The lowest BCUT2D eigenvalue weighted by Gasteiger charge is -2.60. The summed E-state index contributed by atoms with van der Waals surface area (Å²) >= 11 is 0. The molecule has 5 heteroatoms. The highest BCUT2D eigenvalue weighted by Gasteiger charge is 2.77. The summed E-state index contributed by atoms with van der Waals surface area (Å²) in [4.78, 5) is 25.7. The van der Waals surface area contributed by atoms with Crippen LogP contribution in [0.4, 0.5) is 0 Å². The second kappa shape index (κ2) is 6.81. The van der Waals surface area contributed by atoms with Crippen molar-refractivity contribution in [1.29, 1.82) is 0 Å². The van der Waals surface area contributed by atoms with E-state index in [-0.39, 0.29) is 41.4 Å². The van der Waals surface area contributed by atoms with Crippen LogP contribution in [0.1, 0.15) is 73.1 Å². The Kier molecular flexibility index (Phi) is 4.55. The third-order valence-corrected chi connectivity index (χ3v) is 11.6. The number of carbonyl (C=O) groups excluding carboxylic acids is 2. The van der Waals surface area contributed by atoms with Crippen molar-refractivity contribution in [3.05, 3.63) is 23.3 Å². The highest BCUT2D eigenvalue weighted by molar-refractivity contribution is 5.97. The van der Waals surface area contributed by atoms with Crippen LogP contribution in [0.5, 0.6) is 0 Å². The van der Waals surface area contributed by atoms with Crippen LogP contribution in [0.3, 0.4) is 0 Å². The summed E-state index contributed by atoms with van der Waals surface area (Å²) in [6.45, 7) is 10.7. The van der Waals surface area contributed by atoms with Crippen LogP contribution < -0.4 is 0 Å². The number of rotatable bonds is 2. The smallest absolute Gasteiger partial charge is 0.333 e. The van der Waals surface area contributed by atoms with Gasteiger partial charge in [0.1, 0.15) is 17.8 Å². The molecule has 0 aromatic rings. The number of epoxide rings is 1. The number of fused-ring (bicyclic) bond motifs is 8. The van der Waals surface area contributed by atoms with Gasteiger partial charge < -0.3 is 14.6 Å². The molecule has 0 bridgehead atoms. The molecule has 180 valence electrons. The van der Waals surface area contributed by atoms with Gasteiger partial charge >= 0.3 is 5.97 Å². The molecule has 2 heterocycles. The Morgan fingerprint density at radius 2 is 1.88 bits per heavy atom. The standard InChI is InChI=1S/C28H38O5/c1-14-13-20(32-25(30)15(14)2)16(3)17-8-9-18-22-19(10-12-26(17,18)4)27(5)21(29)7-6-11-28(27,31)24-23(22)33-24/h6-7,16-20,22-24,31H,8-13H2,1-5H3/t16-,17+,18?,19?,20+,22?,23-,24-,26+,27-,28-/m0/s1. The highest BCUT2D eigenvalue weighted by Crippen LogP contribution is 2.71. The fourth-order valence-corrected chi connectivity index (χ4v) is 9.34. The zero-order valence-corrected chi connectivity index (χ0v) is 20.6. The fraction of sp³-hybridized carbons (Fsp3) is 0.786. The normalized spacial score (nSPS) is 53.6. The monoisotopic (exact) mass is 454 g/mol. The zero-order chi connectivity index (χ0) is 23.5. The van der Waals surface area contributed by atoms with Crippen LogP contribution in [0.15, 0.2) is 23.3 Å². The fourth-order valence-electron chi connectivity index (χ4n) is 9.34. The molecule has 3 saturated carbocycles. The van der Waals surface area contributed by atoms with Crippen molar-refractivity contribution in [3.8, 4) is 0 Å². The van der Waals surface area contributed by atoms with E-state index in [0.717, 1.165) is 43.3 Å². The third-order valence-electron chi connectivity index (χ3n) is 11.6. The van der Waals surface area contributed by atoms with Crippen molar-refractivity contribution >= 4 is 11.8 Å². The summed E-state index contributed by atoms with van der Waals surface area (Å²) in [6.07, 6.45) is 8.98. The lowest BCUT2D eigenvalue weighted by atomic mass is 9.43. The lowest BCUT2D eigenvalue weighted by Crippen LogP contribution is -2.67. The van der Waals surface area contributed by atoms with Gasteiger partial charge in [0.05, 0.1) is 11.5 Å². The van der Waals surface area contributed by atoms with Crippen molar-refractivity contribution in [2.24, 2.45) is 40.4 Å². The van der Waals surface area contributed by atoms with Gasteiger partial charge in [-0.15, -0.1) is 0 Å². The molecule has 0 radical (unpaired) electrons. The summed E-state index contributed by atoms with van der Waals surface area (Å²) in [5.74, 6) is 1.68. The summed E-state index contributed by atoms with van der Waals surface area (Å²) in [6, 6.07) is 0. The topological polar surface area (TPSA) is 76.1 Å². The predicted octanol–water partition coefficient (Wildman–Crippen LogP) is 4.38. The summed E-state index contributed by atoms with van der Waals surface area (Å²) in [7, 11) is 0. The Balaban J connectivity index is 1.30. The summed E-state index contributed by atoms with van der Waals surface area (Å²) in [5, 5.41) is 11.7. The Morgan fingerprint density at radius 3 is 2.61 bits per heavy atom. The van der Waals surface area contributed by atoms with Gasteiger partial charge in [0.2, 0.25) is 0 Å². The summed E-state index contributed by atoms with van der Waals surface area (Å²) in [5.41, 5.74) is 0.243. The third kappa shape index (κ3) is 2.61. The van der Waals surface area contributed by atoms with Gasteiger partial charge in [0.25, 0.3) is 0 Å². The van der Waals surface area contributed by atoms with Gasteiger partial charge in [0, 0.05) is 12.0 Å². The van der Waals surface area contributed by atoms with Crippen molar-refractivity contribution in [2.45, 2.75) is 97.1 Å². The minimum absolute atomic E-state index is 0.0524. The number of ketones is 1. The van der Waals surface area contributed by atoms with Crippen molar-refractivity contribution in [1.82, 2.24) is 0 Å². The second-order valence-electron chi connectivity index (χ2n) is 12.5. The number of hydrogen-bond acceptors (Lipinski definition) is 5. The molecule has 3 unspecified atom stereocenters. The van der Waals surface area contributed by atoms with E-state index in [4.69, 9.17) is 9.47 Å². The molecule has 6 rings (SSSR count). The summed E-state index contributed by atoms with van der Waals surface area (Å²) < 4.78 is 12.1. The van der Waals surface area contributed by atoms with Gasteiger partial charge in [-0.05, 0) is 94.0 Å². The molecule has 11 atom stereocenters. The largest absolute Gasteiger partial charge is 0.458 e. The van der Waals surface area contributed by atoms with Crippen LogP contribution in [0.25, 0.3) is 0 Å². The van der Waals surface area contributed by atoms with Gasteiger partial charge in [-0.25, -0.2) is 4.79 Å². The molecule has 0 aromatic carbocycles. The molecule has 6 aliphatic rings. The van der Waals surface area contributed by atoms with E-state index in [9.17, 15) is 14.7 Å². The molecule has 0 aromatic heterocycles. The molecule has 0 amide bonds. The highest BCUT2D eigenvalue weighted by atomic mass is 16.6. The number of ether oxygens (including phenoxy) is 2. The molecular formula is C28H38O5. The SMILES string of the molecule is CC1=C(C)C(=O)O[C@@H]([C@@H](C)[C@H]2CCC3C4C(CC[C@@]32C)[C@@]2(C)C(=O)C=CC[C@]2(O)[C@H]2O[C@@H]42)C1. The Morgan fingerprint density at radius 1 is 1.12 bits per heavy atom. The quantitative estimate of drug-likeness (QED) is 0.495. The van der Waals surface area contributed by atoms with E-state index >= 15 is 0 Å². The number of esters is 1. The van der Waals surface area contributed by atoms with E-state index in [1.165, 1.54) is 0 Å². The number of cyclic esters (lactones) is 1. The maximum absolute atomic E-state index is 13.3. The van der Waals surface area contributed by atoms with E-state index in [0.29, 0.717) is 30.1 Å². The number of hydrogen-bond donors (Lipinski definition) is 1. The first kappa shape index (κ1) is 22.0. The van der Waals surface area contributed by atoms with Crippen LogP contribution in [0, 0.1) is 40.4 Å². The van der Waals surface area contributed by atoms with E-state index in [1.54, 1.807) is 6.08 Å². The van der Waals surface area contributed by atoms with Crippen molar-refractivity contribution in [2.75, 3.05) is 0 Å². The molecule has 1 saturated heterocycles. The molecule has 33 heavy (non-hydrogen) atoms. The molecule has 5 nitrogen and oxygen atoms in total. The predicted molar refractivity (Wildman–Crippen MR) is 123 cm³/mol. The number of carbonyl (C=O) groups is 2. The van der Waals surface area contributed by atoms with Crippen LogP contribution >= 0.6 is 0 Å². The zero-order valence-electron chi connectivity index (χ0n) is 20.6. The van der Waals surface area contributed by atoms with Gasteiger partial charge in [0.15, 0.2) is 5.78 Å². The van der Waals surface area contributed by atoms with E-state index < -0.39 is 11.0 Å². The average molecular weight is 455 g/mol. The van der Waals surface area contributed by atoms with Crippen LogP contribution in [-0.2, 0) is 19.1 Å². The first-order valence-electron chi connectivity index (χ1n) is 13.0. The molecule has 1 N–H and O–H groups in total. The molecule has 4 fully saturated rings. The van der Waals surface area contributed by atoms with E-state index in [1.807, 2.05) is 19.9 Å². The van der Waals surface area contributed by atoms with Gasteiger partial charge in [-0.3, -0.25) is 4.79 Å². The van der Waals surface area contributed by atoms with Crippen molar-refractivity contribution < 1.29 is 24.2 Å². The van der Waals surface area contributed by atoms with Crippen LogP contribution in [-0.4, -0.2) is 40.8 Å². The van der Waals surface area contributed by atoms with Crippen molar-refractivity contribution in [3.63, 3.8) is 0 Å². The Labute approximate surface area is 197 Å². The number of allylic oxidation sites excluding steroid dienone is 1. The molecule has 2 aliphatic heterocycles. The average Bonchev–Trinajstić information content (AvgIpc) is 3.50. The maximum Gasteiger partial charge on any atom is 0.333 e. The van der Waals surface area contributed by atoms with Crippen LogP contribution in [0.2, 0.25) is 0 Å². The minimum atomic E-state index is -1.07. The Bertz CT molecular complexity index is 981. The molecule has 0 spiro atoms. The first-order valence-corrected chi connectivity index (χ1v) is 13.0. The molecule has 4 aliphatic carbocycles. The first-order chi connectivity index (χ1) is 15.5. The maximum atomic E-state index is 13.3. The minimum Gasteiger partial charge on any atom is -0.458 e. The second-order valence-corrected chi connectivity index (χ2v) is 12.5. The van der Waals surface area contributed by atoms with Gasteiger partial charge in [-0.2, -0.15) is 0 Å². The lowest BCUT2D eigenvalue weighted by molar-refractivity contribution is -0.182. The Hall–Kier alpha value is -1.46. The van der Waals surface area contributed by atoms with E-state index in [2.05, 4.69) is 20.8 Å². The van der Waals surface area contributed by atoms with Gasteiger partial charge in [-0.1, -0.05) is 25.5 Å². The molecular weight excluding hydrogens is 416 g/mol.